The minimum Gasteiger partial charge on any atom is -0.482 e. The maximum absolute atomic E-state index is 12.8. The molecule has 21 atom stereocenters. The van der Waals surface area contributed by atoms with Gasteiger partial charge in [-0.25, -0.2) is 24.0 Å². The van der Waals surface area contributed by atoms with Crippen LogP contribution in [-0.4, -0.2) is 211 Å². The van der Waals surface area contributed by atoms with Crippen molar-refractivity contribution in [2.45, 2.75) is 327 Å². The number of aliphatic hydroxyl groups excluding tert-OH is 4. The highest BCUT2D eigenvalue weighted by atomic mass is 16.7. The molecule has 1 unspecified atom stereocenters. The summed E-state index contributed by atoms with van der Waals surface area (Å²) in [4.78, 5) is 93.3. The molecule has 3 heterocycles. The number of hydrogen-bond donors (Lipinski definition) is 8. The van der Waals surface area contributed by atoms with Crippen molar-refractivity contribution in [1.29, 1.82) is 0 Å². The van der Waals surface area contributed by atoms with Gasteiger partial charge >= 0.3 is 47.9 Å². The fourth-order valence-electron chi connectivity index (χ4n) is 24.4. The summed E-state index contributed by atoms with van der Waals surface area (Å²) in [5, 5.41) is 79.7. The number of fused-ring (bicyclic) bond motifs is 8. The number of unbranched alkanes of at least 4 members (excludes halogenated alkanes) is 8. The van der Waals surface area contributed by atoms with Crippen LogP contribution in [0.1, 0.15) is 271 Å². The number of carboxylic acid groups (broad SMARTS) is 4. The topological polar surface area (TPSA) is 409 Å². The standard InChI is InChI=1S/C29H42O7.C28H40O7.C27H38O7.C25H36O7/c1-2-3-4-7-22(36-29(33)19-11-13-34-14-12-19)9-10-23-24-15-20-6-5-8-27(35-18-28(31)32)25(20)16-21(24)17-26(23)30;1-2-3-4-7-21(35-28(32)19-11-12-33-16-19)9-10-22-23-13-18-6-5-8-26(34-17-27(30)31)24(18)14-20(23)15-25(22)29;1-2-3-4-7-20(34-27(31)19-14-32-15-19)9-10-21-22-11-17-6-5-8-25(33-16-26(29)30)23(17)12-18(22)13-24(21)28;1-3-4-5-8-18(32-25(29)30-2)10-11-19-20-12-16-7-6-9-23(31-15-24(27)28)21(16)13-17(20)14-22(19)26/h5-6,8,19,21-24,26,30H,2-4,7,9-18H2,1H3,(H,31,32);5-6,8,19-23,25,29H,2-4,7,9-17H2,1H3,(H,30,31);5-6,8,18-22,24,28H,2-4,7,9-16H2,1H3,(H,29,30);6-7,9,17-20,22,26H,3-5,8,10-15H2,1-2H3,(H,27,28)/t21-,22-,23+,24-,26+;19?,20-,21-,22+,23-,25+;18-,20-,21+,22-,24+;17-,18-,19+,20-,22+/m0000/s1. The molecule has 0 spiro atoms. The van der Waals surface area contributed by atoms with Crippen LogP contribution < -0.4 is 18.9 Å². The van der Waals surface area contributed by atoms with Gasteiger partial charge in [0.2, 0.25) is 0 Å². The van der Waals surface area contributed by atoms with Crippen LogP contribution in [0.4, 0.5) is 4.79 Å². The van der Waals surface area contributed by atoms with Gasteiger partial charge in [-0.2, -0.15) is 0 Å². The van der Waals surface area contributed by atoms with E-state index in [0.29, 0.717) is 110 Å². The van der Waals surface area contributed by atoms with E-state index in [4.69, 9.17) is 77.3 Å². The summed E-state index contributed by atoms with van der Waals surface area (Å²) in [5.74, 6) is 1.61. The van der Waals surface area contributed by atoms with E-state index in [9.17, 15) is 58.8 Å². The lowest BCUT2D eigenvalue weighted by molar-refractivity contribution is -0.169. The third-order valence-corrected chi connectivity index (χ3v) is 31.7. The van der Waals surface area contributed by atoms with Gasteiger partial charge in [0.25, 0.3) is 0 Å². The fraction of sp³-hybridized carbons (Fsp3) is 0.706. The molecule has 8 N–H and O–H groups in total. The highest BCUT2D eigenvalue weighted by molar-refractivity contribution is 5.75. The number of methoxy groups -OCH3 is 1. The zero-order valence-corrected chi connectivity index (χ0v) is 81.6. The molecule has 0 bridgehead atoms. The summed E-state index contributed by atoms with van der Waals surface area (Å²) in [6, 6.07) is 23.4. The number of carboxylic acids is 4. The number of hydrogen-bond acceptors (Lipinski definition) is 24. The Balaban J connectivity index is 0.000000164. The zero-order valence-electron chi connectivity index (χ0n) is 81.6. The molecule has 11 aliphatic rings. The van der Waals surface area contributed by atoms with E-state index in [1.807, 2.05) is 48.5 Å². The minimum atomic E-state index is -0.990. The van der Waals surface area contributed by atoms with Gasteiger partial charge in [0.1, 0.15) is 53.3 Å². The number of rotatable bonds is 47. The summed E-state index contributed by atoms with van der Waals surface area (Å²) >= 11 is 0. The molecule has 3 saturated heterocycles. The molecule has 3 aliphatic heterocycles. The Morgan fingerprint density at radius 1 is 0.328 bits per heavy atom. The van der Waals surface area contributed by atoms with E-state index in [1.54, 1.807) is 0 Å². The van der Waals surface area contributed by atoms with Crippen molar-refractivity contribution in [2.24, 2.45) is 88.8 Å². The average Bonchev–Trinajstić information content (AvgIpc) is 1.66. The third kappa shape index (κ3) is 30.9. The molecule has 0 amide bonds. The molecule has 0 radical (unpaired) electrons. The first-order valence-electron chi connectivity index (χ1n) is 51.9. The number of ether oxygens (including phenoxy) is 12. The Bertz CT molecular complexity index is 4480. The molecule has 0 aromatic heterocycles. The number of benzene rings is 4. The van der Waals surface area contributed by atoms with Crippen LogP contribution in [-0.2, 0) is 123 Å². The van der Waals surface area contributed by atoms with Crippen LogP contribution in [0.3, 0.4) is 0 Å². The maximum atomic E-state index is 12.8. The van der Waals surface area contributed by atoms with Crippen LogP contribution in [0.5, 0.6) is 23.0 Å². The van der Waals surface area contributed by atoms with E-state index in [0.717, 1.165) is 273 Å². The summed E-state index contributed by atoms with van der Waals surface area (Å²) in [7, 11) is 1.32. The van der Waals surface area contributed by atoms with E-state index < -0.39 is 30.0 Å². The van der Waals surface area contributed by atoms with Crippen LogP contribution in [0.15, 0.2) is 72.8 Å². The van der Waals surface area contributed by atoms with Gasteiger partial charge in [-0.3, -0.25) is 14.4 Å². The predicted octanol–water partition coefficient (Wildman–Crippen LogP) is 16.9. The van der Waals surface area contributed by atoms with Crippen LogP contribution in [0.2, 0.25) is 0 Å². The molecular weight excluding hydrogens is 1760 g/mol. The second-order valence-corrected chi connectivity index (χ2v) is 40.8. The van der Waals surface area contributed by atoms with Crippen molar-refractivity contribution in [1.82, 2.24) is 0 Å². The molecule has 760 valence electrons. The quantitative estimate of drug-likeness (QED) is 0.0116. The van der Waals surface area contributed by atoms with Crippen LogP contribution in [0, 0.1) is 88.8 Å². The largest absolute Gasteiger partial charge is 0.508 e. The molecule has 4 saturated carbocycles. The molecule has 4 aromatic rings. The first kappa shape index (κ1) is 107. The average molecular weight is 1910 g/mol. The van der Waals surface area contributed by atoms with Gasteiger partial charge in [-0.1, -0.05) is 128 Å². The highest BCUT2D eigenvalue weighted by Crippen LogP contribution is 2.54. The second-order valence-electron chi connectivity index (χ2n) is 40.8. The lowest BCUT2D eigenvalue weighted by Gasteiger charge is -2.33. The number of esters is 3. The molecule has 4 aromatic carbocycles. The lowest BCUT2D eigenvalue weighted by atomic mass is 9.73. The van der Waals surface area contributed by atoms with E-state index in [2.05, 4.69) is 52.0 Å². The summed E-state index contributed by atoms with van der Waals surface area (Å²) in [6.45, 7) is 10.5. The SMILES string of the molecule is CCCCC[C@@H](CC[C@@H]1[C@H]2Cc3cccc(OCC(=O)O)c3C[C@H]2C[C@H]1O)OC(=O)C1CCOC1.CCCCC[C@@H](CC[C@@H]1[C@H]2Cc3cccc(OCC(=O)O)c3C[C@H]2C[C@H]1O)OC(=O)C1CCOCC1.CCCCC[C@@H](CC[C@@H]1[C@H]2Cc3cccc(OCC(=O)O)c3C[C@H]2C[C@H]1O)OC(=O)C1COC1.CCCCC[C@@H](CC[C@@H]1[C@H]2Cc3cccc(OCC(=O)O)c3C[C@H]2C[C@H]1O)OC(=O)OC. The summed E-state index contributed by atoms with van der Waals surface area (Å²) < 4.78 is 66.2. The van der Waals surface area contributed by atoms with Crippen molar-refractivity contribution in [3.8, 4) is 23.0 Å². The lowest BCUT2D eigenvalue weighted by Crippen LogP contribution is -2.38. The second kappa shape index (κ2) is 54.4. The Labute approximate surface area is 809 Å². The Morgan fingerprint density at radius 2 is 0.599 bits per heavy atom. The first-order chi connectivity index (χ1) is 66.3. The van der Waals surface area contributed by atoms with Crippen molar-refractivity contribution in [3.63, 3.8) is 0 Å². The third-order valence-electron chi connectivity index (χ3n) is 31.7. The van der Waals surface area contributed by atoms with Crippen molar-refractivity contribution in [3.05, 3.63) is 117 Å². The predicted molar refractivity (Wildman–Crippen MR) is 509 cm³/mol. The molecular formula is C109H156O28. The maximum Gasteiger partial charge on any atom is 0.508 e. The molecule has 137 heavy (non-hydrogen) atoms. The molecule has 8 aliphatic carbocycles. The van der Waals surface area contributed by atoms with Gasteiger partial charge in [-0.15, -0.1) is 0 Å². The molecule has 7 fully saturated rings. The summed E-state index contributed by atoms with van der Waals surface area (Å²) in [5.41, 5.74) is 9.12. The van der Waals surface area contributed by atoms with E-state index in [-0.39, 0.29) is 135 Å². The van der Waals surface area contributed by atoms with Gasteiger partial charge in [0.05, 0.1) is 63.2 Å². The smallest absolute Gasteiger partial charge is 0.482 e. The van der Waals surface area contributed by atoms with Crippen molar-refractivity contribution >= 4 is 47.9 Å². The highest BCUT2D eigenvalue weighted by Gasteiger charge is 2.50. The van der Waals surface area contributed by atoms with Crippen LogP contribution in [0.25, 0.3) is 0 Å². The number of carbonyl (C=O) groups excluding carboxylic acids is 4. The number of aliphatic carboxylic acids is 4. The number of carbonyl (C=O) groups is 8. The molecule has 28 heteroatoms. The van der Waals surface area contributed by atoms with Gasteiger partial charge in [0, 0.05) is 19.8 Å². The number of aliphatic hydroxyl groups is 4. The van der Waals surface area contributed by atoms with Crippen LogP contribution >= 0.6 is 0 Å². The zero-order chi connectivity index (χ0) is 97.4. The molecule has 28 nitrogen and oxygen atoms in total. The Hall–Kier alpha value is -8.64. The van der Waals surface area contributed by atoms with E-state index >= 15 is 0 Å². The minimum absolute atomic E-state index is 0.0544. The Morgan fingerprint density at radius 3 is 0.861 bits per heavy atom. The van der Waals surface area contributed by atoms with Gasteiger partial charge in [-0.05, 0) is 339 Å². The van der Waals surface area contributed by atoms with Crippen molar-refractivity contribution in [2.75, 3.05) is 73.2 Å². The first-order valence-corrected chi connectivity index (χ1v) is 51.9. The monoisotopic (exact) mass is 1910 g/mol. The van der Waals surface area contributed by atoms with Gasteiger partial charge in [0.15, 0.2) is 26.4 Å². The molecule has 15 rings (SSSR count). The van der Waals surface area contributed by atoms with Crippen molar-refractivity contribution < 1.29 is 136 Å². The normalized spacial score (nSPS) is 26.6. The Kier molecular flexibility index (Phi) is 42.6. The van der Waals surface area contributed by atoms with Gasteiger partial charge < -0.3 is 97.7 Å². The van der Waals surface area contributed by atoms with E-state index in [1.165, 1.54) is 29.4 Å². The fourth-order valence-corrected chi connectivity index (χ4v) is 24.4. The summed E-state index contributed by atoms with van der Waals surface area (Å²) in [6.07, 6.45) is 32.3.